The predicted molar refractivity (Wildman–Crippen MR) is 79.9 cm³/mol. The van der Waals surface area contributed by atoms with E-state index in [4.69, 9.17) is 0 Å². The molecule has 3 nitrogen and oxygen atoms in total. The van der Waals surface area contributed by atoms with Crippen LogP contribution in [0.2, 0.25) is 0 Å². The van der Waals surface area contributed by atoms with Gasteiger partial charge in [0.25, 0.3) is 0 Å². The third-order valence-corrected chi connectivity index (χ3v) is 4.56. The van der Waals surface area contributed by atoms with E-state index in [2.05, 4.69) is 36.0 Å². The third-order valence-electron chi connectivity index (χ3n) is 4.56. The van der Waals surface area contributed by atoms with E-state index in [1.807, 2.05) is 7.05 Å². The van der Waals surface area contributed by atoms with Gasteiger partial charge in [0.15, 0.2) is 0 Å². The molecule has 0 saturated carbocycles. The Balaban J connectivity index is 1.99. The number of hydrogen-bond donors (Lipinski definition) is 1. The zero-order chi connectivity index (χ0) is 14.7. The van der Waals surface area contributed by atoms with E-state index in [-0.39, 0.29) is 11.9 Å². The summed E-state index contributed by atoms with van der Waals surface area (Å²) in [5, 5.41) is 3.32. The molecule has 0 radical (unpaired) electrons. The van der Waals surface area contributed by atoms with E-state index in [1.165, 1.54) is 25.4 Å². The molecule has 0 aliphatic carbocycles. The fourth-order valence-corrected chi connectivity index (χ4v) is 3.21. The van der Waals surface area contributed by atoms with Gasteiger partial charge in [-0.3, -0.25) is 4.98 Å². The second-order valence-electron chi connectivity index (χ2n) is 6.32. The van der Waals surface area contributed by atoms with Crippen molar-refractivity contribution < 1.29 is 4.39 Å². The number of aromatic nitrogens is 1. The van der Waals surface area contributed by atoms with Crippen molar-refractivity contribution in [3.63, 3.8) is 0 Å². The van der Waals surface area contributed by atoms with Gasteiger partial charge in [-0.15, -0.1) is 0 Å². The normalized spacial score (nSPS) is 26.6. The fourth-order valence-electron chi connectivity index (χ4n) is 3.21. The van der Waals surface area contributed by atoms with E-state index in [0.717, 1.165) is 24.1 Å². The van der Waals surface area contributed by atoms with Gasteiger partial charge in [0, 0.05) is 19.6 Å². The zero-order valence-electron chi connectivity index (χ0n) is 12.9. The van der Waals surface area contributed by atoms with Gasteiger partial charge in [0.1, 0.15) is 5.82 Å². The highest BCUT2D eigenvalue weighted by molar-refractivity contribution is 5.11. The predicted octanol–water partition coefficient (Wildman–Crippen LogP) is 2.71. The number of rotatable bonds is 5. The number of halogens is 1. The van der Waals surface area contributed by atoms with Gasteiger partial charge in [-0.1, -0.05) is 20.8 Å². The maximum atomic E-state index is 13.0. The molecule has 1 fully saturated rings. The zero-order valence-corrected chi connectivity index (χ0v) is 12.9. The van der Waals surface area contributed by atoms with Crippen LogP contribution in [0.1, 0.15) is 32.5 Å². The molecule has 4 atom stereocenters. The molecule has 0 amide bonds. The molecule has 1 aromatic heterocycles. The Labute approximate surface area is 121 Å². The van der Waals surface area contributed by atoms with Gasteiger partial charge in [0.05, 0.1) is 17.9 Å². The topological polar surface area (TPSA) is 28.2 Å². The summed E-state index contributed by atoms with van der Waals surface area (Å²) in [5.41, 5.74) is 0.918. The lowest BCUT2D eigenvalue weighted by Crippen LogP contribution is -2.34. The van der Waals surface area contributed by atoms with Crippen LogP contribution in [-0.4, -0.2) is 36.6 Å². The Morgan fingerprint density at radius 2 is 2.00 bits per heavy atom. The average molecular weight is 279 g/mol. The monoisotopic (exact) mass is 279 g/mol. The Kier molecular flexibility index (Phi) is 5.11. The molecular weight excluding hydrogens is 253 g/mol. The van der Waals surface area contributed by atoms with Crippen LogP contribution >= 0.6 is 0 Å². The number of nitrogens with zero attached hydrogens (tertiary/aromatic N) is 2. The minimum Gasteiger partial charge on any atom is -0.311 e. The second kappa shape index (κ2) is 6.64. The van der Waals surface area contributed by atoms with Crippen LogP contribution in [0.4, 0.5) is 4.39 Å². The van der Waals surface area contributed by atoms with E-state index in [9.17, 15) is 4.39 Å². The minimum atomic E-state index is -0.279. The summed E-state index contributed by atoms with van der Waals surface area (Å²) < 4.78 is 13.0. The molecule has 112 valence electrons. The van der Waals surface area contributed by atoms with Crippen LogP contribution in [0, 0.1) is 23.6 Å². The summed E-state index contributed by atoms with van der Waals surface area (Å²) in [6.45, 7) is 10.3. The first-order valence-electron chi connectivity index (χ1n) is 7.52. The highest BCUT2D eigenvalue weighted by atomic mass is 19.1. The molecule has 2 rings (SSSR count). The summed E-state index contributed by atoms with van der Waals surface area (Å²) in [7, 11) is 1.95. The number of nitrogens with one attached hydrogen (secondary N) is 1. The molecule has 1 aliphatic rings. The van der Waals surface area contributed by atoms with Crippen LogP contribution in [0.3, 0.4) is 0 Å². The largest absolute Gasteiger partial charge is 0.311 e. The Morgan fingerprint density at radius 3 is 2.50 bits per heavy atom. The van der Waals surface area contributed by atoms with Crippen LogP contribution in [0.25, 0.3) is 0 Å². The summed E-state index contributed by atoms with van der Waals surface area (Å²) in [6.07, 6.45) is 1.30. The van der Waals surface area contributed by atoms with Gasteiger partial charge in [-0.25, -0.2) is 4.39 Å². The molecule has 20 heavy (non-hydrogen) atoms. The van der Waals surface area contributed by atoms with Gasteiger partial charge in [-0.05, 0) is 36.9 Å². The molecule has 1 N–H and O–H groups in total. The molecule has 1 aliphatic heterocycles. The van der Waals surface area contributed by atoms with Crippen molar-refractivity contribution in [1.29, 1.82) is 0 Å². The number of pyridine rings is 1. The standard InChI is InChI=1S/C16H26FN3/c1-11-8-20(9-12(11)2)10-13(3)16(18-4)15-6-5-14(17)7-19-15/h5-7,11-13,16,18H,8-10H2,1-4H3. The second-order valence-corrected chi connectivity index (χ2v) is 6.32. The van der Waals surface area contributed by atoms with Crippen LogP contribution < -0.4 is 5.32 Å². The van der Waals surface area contributed by atoms with Crippen molar-refractivity contribution in [3.05, 3.63) is 29.8 Å². The Morgan fingerprint density at radius 1 is 1.35 bits per heavy atom. The van der Waals surface area contributed by atoms with Crippen LogP contribution in [-0.2, 0) is 0 Å². The highest BCUT2D eigenvalue weighted by Crippen LogP contribution is 2.26. The first-order chi connectivity index (χ1) is 9.51. The molecule has 2 heterocycles. The lowest BCUT2D eigenvalue weighted by molar-refractivity contribution is 0.242. The Bertz CT molecular complexity index is 410. The summed E-state index contributed by atoms with van der Waals surface area (Å²) in [4.78, 5) is 6.75. The van der Waals surface area contributed by atoms with E-state index in [0.29, 0.717) is 5.92 Å². The first-order valence-corrected chi connectivity index (χ1v) is 7.52. The molecule has 4 heteroatoms. The van der Waals surface area contributed by atoms with E-state index >= 15 is 0 Å². The maximum absolute atomic E-state index is 13.0. The van der Waals surface area contributed by atoms with Crippen molar-refractivity contribution in [3.8, 4) is 0 Å². The van der Waals surface area contributed by atoms with E-state index in [1.54, 1.807) is 6.07 Å². The smallest absolute Gasteiger partial charge is 0.141 e. The molecule has 0 bridgehead atoms. The molecule has 4 unspecified atom stereocenters. The average Bonchev–Trinajstić information content (AvgIpc) is 2.71. The summed E-state index contributed by atoms with van der Waals surface area (Å²) in [6, 6.07) is 3.43. The number of hydrogen-bond acceptors (Lipinski definition) is 3. The lowest BCUT2D eigenvalue weighted by atomic mass is 9.98. The van der Waals surface area contributed by atoms with Crippen LogP contribution in [0.15, 0.2) is 18.3 Å². The van der Waals surface area contributed by atoms with E-state index < -0.39 is 0 Å². The molecule has 0 spiro atoms. The van der Waals surface area contributed by atoms with Gasteiger partial charge in [0.2, 0.25) is 0 Å². The van der Waals surface area contributed by atoms with Gasteiger partial charge < -0.3 is 10.2 Å². The Hall–Kier alpha value is -1.00. The van der Waals surface area contributed by atoms with Crippen molar-refractivity contribution in [2.24, 2.45) is 17.8 Å². The van der Waals surface area contributed by atoms with Crippen molar-refractivity contribution >= 4 is 0 Å². The van der Waals surface area contributed by atoms with Crippen LogP contribution in [0.5, 0.6) is 0 Å². The highest BCUT2D eigenvalue weighted by Gasteiger charge is 2.29. The fraction of sp³-hybridized carbons (Fsp3) is 0.688. The van der Waals surface area contributed by atoms with Crippen molar-refractivity contribution in [2.45, 2.75) is 26.8 Å². The van der Waals surface area contributed by atoms with Crippen molar-refractivity contribution in [2.75, 3.05) is 26.7 Å². The first kappa shape index (κ1) is 15.4. The molecule has 1 aromatic rings. The SMILES string of the molecule is CNC(c1ccc(F)cn1)C(C)CN1CC(C)C(C)C1. The summed E-state index contributed by atoms with van der Waals surface area (Å²) in [5.74, 6) is 1.72. The molecule has 0 aromatic carbocycles. The van der Waals surface area contributed by atoms with Crippen molar-refractivity contribution in [1.82, 2.24) is 15.2 Å². The third kappa shape index (κ3) is 3.55. The quantitative estimate of drug-likeness (QED) is 0.898. The van der Waals surface area contributed by atoms with Gasteiger partial charge in [-0.2, -0.15) is 0 Å². The number of likely N-dealkylation sites (tertiary alicyclic amines) is 1. The summed E-state index contributed by atoms with van der Waals surface area (Å²) >= 11 is 0. The van der Waals surface area contributed by atoms with Gasteiger partial charge >= 0.3 is 0 Å². The lowest BCUT2D eigenvalue weighted by Gasteiger charge is -2.27. The minimum absolute atomic E-state index is 0.168. The molecular formula is C16H26FN3. The molecule has 1 saturated heterocycles. The maximum Gasteiger partial charge on any atom is 0.141 e.